The quantitative estimate of drug-likeness (QED) is 0.499. The van der Waals surface area contributed by atoms with E-state index in [0.29, 0.717) is 26.0 Å². The normalized spacial score (nSPS) is 11.9. The van der Waals surface area contributed by atoms with Crippen LogP contribution in [-0.4, -0.2) is 36.4 Å². The van der Waals surface area contributed by atoms with Gasteiger partial charge in [0, 0.05) is 0 Å². The number of unbranched alkanes of at least 4 members (excludes halogenated alkanes) is 4. The number of hydrogen-bond acceptors (Lipinski definition) is 4. The molecule has 0 aromatic heterocycles. The zero-order chi connectivity index (χ0) is 14.5. The molecule has 0 saturated carbocycles. The molecule has 6 heteroatoms. The molecule has 0 saturated heterocycles. The summed E-state index contributed by atoms with van der Waals surface area (Å²) < 4.78 is 4.94. The number of amides is 1. The molecule has 112 valence electrons. The average molecular weight is 274 g/mol. The molecule has 1 atom stereocenters. The van der Waals surface area contributed by atoms with Gasteiger partial charge in [-0.3, -0.25) is 0 Å². The lowest BCUT2D eigenvalue weighted by atomic mass is 10.1. The lowest BCUT2D eigenvalue weighted by Crippen LogP contribution is -2.41. The molecule has 0 bridgehead atoms. The number of nitrogens with two attached hydrogens (primary N) is 1. The fourth-order valence-corrected chi connectivity index (χ4v) is 1.63. The van der Waals surface area contributed by atoms with Crippen molar-refractivity contribution in [1.29, 1.82) is 0 Å². The molecular weight excluding hydrogens is 248 g/mol. The van der Waals surface area contributed by atoms with Gasteiger partial charge in [0.2, 0.25) is 0 Å². The van der Waals surface area contributed by atoms with Crippen LogP contribution in [0.25, 0.3) is 0 Å². The van der Waals surface area contributed by atoms with E-state index in [9.17, 15) is 9.59 Å². The van der Waals surface area contributed by atoms with Crippen molar-refractivity contribution in [2.24, 2.45) is 5.73 Å². The highest BCUT2D eigenvalue weighted by atomic mass is 16.5. The summed E-state index contributed by atoms with van der Waals surface area (Å²) in [6, 6.07) is -0.894. The van der Waals surface area contributed by atoms with Gasteiger partial charge in [0.05, 0.1) is 6.61 Å². The smallest absolute Gasteiger partial charge is 0.407 e. The molecule has 6 nitrogen and oxygen atoms in total. The Morgan fingerprint density at radius 2 is 1.95 bits per heavy atom. The minimum Gasteiger partial charge on any atom is -0.480 e. The lowest BCUT2D eigenvalue weighted by Gasteiger charge is -2.14. The molecule has 0 heterocycles. The Balaban J connectivity index is 3.80. The SMILES string of the molecule is CCCCCCOC(=O)N[C@H](CCCCN)C(=O)O. The van der Waals surface area contributed by atoms with Crippen molar-refractivity contribution < 1.29 is 19.4 Å². The molecule has 0 aliphatic rings. The minimum atomic E-state index is -1.04. The van der Waals surface area contributed by atoms with E-state index in [1.54, 1.807) is 0 Å². The van der Waals surface area contributed by atoms with Gasteiger partial charge in [-0.2, -0.15) is 0 Å². The number of hydrogen-bond donors (Lipinski definition) is 3. The summed E-state index contributed by atoms with van der Waals surface area (Å²) in [6.07, 6.45) is 5.20. The molecule has 0 rings (SSSR count). The number of rotatable bonds is 11. The summed E-state index contributed by atoms with van der Waals surface area (Å²) in [6.45, 7) is 2.96. The van der Waals surface area contributed by atoms with E-state index < -0.39 is 18.1 Å². The number of ether oxygens (including phenoxy) is 1. The van der Waals surface area contributed by atoms with Gasteiger partial charge >= 0.3 is 12.1 Å². The van der Waals surface area contributed by atoms with Gasteiger partial charge < -0.3 is 20.9 Å². The number of nitrogens with one attached hydrogen (secondary N) is 1. The fraction of sp³-hybridized carbons (Fsp3) is 0.846. The number of carboxylic acid groups (broad SMARTS) is 1. The largest absolute Gasteiger partial charge is 0.480 e. The topological polar surface area (TPSA) is 102 Å². The van der Waals surface area contributed by atoms with Gasteiger partial charge in [-0.1, -0.05) is 26.2 Å². The van der Waals surface area contributed by atoms with Crippen LogP contribution in [0.1, 0.15) is 51.9 Å². The second-order valence-corrected chi connectivity index (χ2v) is 4.52. The molecule has 0 aliphatic heterocycles. The first-order valence-electron chi connectivity index (χ1n) is 6.98. The van der Waals surface area contributed by atoms with Crippen LogP contribution in [0.3, 0.4) is 0 Å². The second-order valence-electron chi connectivity index (χ2n) is 4.52. The van der Waals surface area contributed by atoms with Crippen LogP contribution in [-0.2, 0) is 9.53 Å². The molecule has 0 radical (unpaired) electrons. The Morgan fingerprint density at radius 3 is 2.53 bits per heavy atom. The van der Waals surface area contributed by atoms with Gasteiger partial charge in [-0.05, 0) is 32.2 Å². The number of carboxylic acids is 1. The zero-order valence-electron chi connectivity index (χ0n) is 11.7. The van der Waals surface area contributed by atoms with E-state index in [1.807, 2.05) is 0 Å². The third-order valence-corrected chi connectivity index (χ3v) is 2.77. The Bertz CT molecular complexity index is 259. The zero-order valence-corrected chi connectivity index (χ0v) is 11.7. The van der Waals surface area contributed by atoms with E-state index in [2.05, 4.69) is 12.2 Å². The molecular formula is C13H26N2O4. The summed E-state index contributed by atoms with van der Waals surface area (Å²) in [5.41, 5.74) is 5.34. The number of carbonyl (C=O) groups is 2. The molecule has 0 unspecified atom stereocenters. The summed E-state index contributed by atoms with van der Waals surface area (Å²) in [7, 11) is 0. The number of alkyl carbamates (subject to hydrolysis) is 1. The van der Waals surface area contributed by atoms with E-state index in [0.717, 1.165) is 32.1 Å². The molecule has 0 spiro atoms. The van der Waals surface area contributed by atoms with Crippen molar-refractivity contribution in [3.05, 3.63) is 0 Å². The fourth-order valence-electron chi connectivity index (χ4n) is 1.63. The van der Waals surface area contributed by atoms with E-state index >= 15 is 0 Å². The standard InChI is InChI=1S/C13H26N2O4/c1-2-3-4-7-10-19-13(18)15-11(12(16)17)8-5-6-9-14/h11H,2-10,14H2,1H3,(H,15,18)(H,16,17)/t11-/m1/s1. The predicted octanol–water partition coefficient (Wildman–Crippen LogP) is 1.88. The lowest BCUT2D eigenvalue weighted by molar-refractivity contribution is -0.139. The highest BCUT2D eigenvalue weighted by Crippen LogP contribution is 2.02. The summed E-state index contributed by atoms with van der Waals surface area (Å²) in [5.74, 6) is -1.04. The Hall–Kier alpha value is -1.30. The van der Waals surface area contributed by atoms with Crippen LogP contribution in [0.5, 0.6) is 0 Å². The minimum absolute atomic E-state index is 0.334. The molecule has 0 aliphatic carbocycles. The van der Waals surface area contributed by atoms with Crippen molar-refractivity contribution in [3.63, 3.8) is 0 Å². The summed E-state index contributed by atoms with van der Waals surface area (Å²) in [5, 5.41) is 11.3. The maximum atomic E-state index is 11.4. The molecule has 19 heavy (non-hydrogen) atoms. The van der Waals surface area contributed by atoms with Crippen molar-refractivity contribution in [3.8, 4) is 0 Å². The molecule has 0 aromatic rings. The second kappa shape index (κ2) is 11.8. The van der Waals surface area contributed by atoms with Crippen LogP contribution >= 0.6 is 0 Å². The maximum absolute atomic E-state index is 11.4. The monoisotopic (exact) mass is 274 g/mol. The van der Waals surface area contributed by atoms with Gasteiger partial charge in [0.25, 0.3) is 0 Å². The van der Waals surface area contributed by atoms with Crippen molar-refractivity contribution >= 4 is 12.1 Å². The first-order chi connectivity index (χ1) is 9.11. The van der Waals surface area contributed by atoms with Crippen LogP contribution in [0.4, 0.5) is 4.79 Å². The number of aliphatic carboxylic acids is 1. The van der Waals surface area contributed by atoms with Gasteiger partial charge in [-0.25, -0.2) is 9.59 Å². The molecule has 0 aromatic carbocycles. The van der Waals surface area contributed by atoms with Crippen LogP contribution in [0, 0.1) is 0 Å². The van der Waals surface area contributed by atoms with Crippen molar-refractivity contribution in [1.82, 2.24) is 5.32 Å². The Morgan fingerprint density at radius 1 is 1.21 bits per heavy atom. The van der Waals surface area contributed by atoms with E-state index in [-0.39, 0.29) is 0 Å². The van der Waals surface area contributed by atoms with Gasteiger partial charge in [-0.15, -0.1) is 0 Å². The van der Waals surface area contributed by atoms with Crippen molar-refractivity contribution in [2.45, 2.75) is 57.9 Å². The highest BCUT2D eigenvalue weighted by Gasteiger charge is 2.19. The third kappa shape index (κ3) is 10.3. The van der Waals surface area contributed by atoms with Crippen LogP contribution in [0.15, 0.2) is 0 Å². The van der Waals surface area contributed by atoms with E-state index in [4.69, 9.17) is 15.6 Å². The van der Waals surface area contributed by atoms with Crippen molar-refractivity contribution in [2.75, 3.05) is 13.2 Å². The van der Waals surface area contributed by atoms with Crippen LogP contribution < -0.4 is 11.1 Å². The molecule has 4 N–H and O–H groups in total. The third-order valence-electron chi connectivity index (χ3n) is 2.77. The highest BCUT2D eigenvalue weighted by molar-refractivity contribution is 5.79. The average Bonchev–Trinajstić information content (AvgIpc) is 2.37. The van der Waals surface area contributed by atoms with E-state index in [1.165, 1.54) is 0 Å². The Kier molecular flexibility index (Phi) is 11.0. The Labute approximate surface area is 114 Å². The first-order valence-corrected chi connectivity index (χ1v) is 6.98. The van der Waals surface area contributed by atoms with Gasteiger partial charge in [0.1, 0.15) is 6.04 Å². The predicted molar refractivity (Wildman–Crippen MR) is 73.0 cm³/mol. The van der Waals surface area contributed by atoms with Gasteiger partial charge in [0.15, 0.2) is 0 Å². The number of carbonyl (C=O) groups excluding carboxylic acids is 1. The van der Waals surface area contributed by atoms with Crippen LogP contribution in [0.2, 0.25) is 0 Å². The summed E-state index contributed by atoms with van der Waals surface area (Å²) >= 11 is 0. The molecule has 0 fully saturated rings. The first kappa shape index (κ1) is 17.7. The maximum Gasteiger partial charge on any atom is 0.407 e. The molecule has 1 amide bonds. The summed E-state index contributed by atoms with van der Waals surface area (Å²) in [4.78, 5) is 22.3.